The molecule has 2 aromatic heterocycles. The summed E-state index contributed by atoms with van der Waals surface area (Å²) < 4.78 is 35.1. The minimum atomic E-state index is -3.55. The standard InChI is InChI=1S/C15H20N4O3S/c1-2-19-8-7-17-15(19)14-12(5-9-22-14)10-18-23(20,21)13-4-3-6-16-11-13/h3-4,6-8,11-12,14,18H,2,5,9-10H2,1H3/t12-,14+/m0/s1. The number of imidazole rings is 1. The number of aryl methyl sites for hydroxylation is 1. The van der Waals surface area contributed by atoms with Gasteiger partial charge in [-0.05, 0) is 25.5 Å². The molecule has 2 aromatic rings. The third-order valence-electron chi connectivity index (χ3n) is 4.04. The molecule has 0 aliphatic carbocycles. The first-order valence-electron chi connectivity index (χ1n) is 7.64. The fraction of sp³-hybridized carbons (Fsp3) is 0.467. The van der Waals surface area contributed by atoms with Crippen molar-refractivity contribution < 1.29 is 13.2 Å². The van der Waals surface area contributed by atoms with Crippen LogP contribution in [-0.4, -0.2) is 36.1 Å². The topological polar surface area (TPSA) is 86.1 Å². The van der Waals surface area contributed by atoms with Crippen molar-refractivity contribution in [2.24, 2.45) is 5.92 Å². The van der Waals surface area contributed by atoms with Gasteiger partial charge in [-0.25, -0.2) is 18.1 Å². The zero-order chi connectivity index (χ0) is 16.3. The van der Waals surface area contributed by atoms with Gasteiger partial charge in [0.2, 0.25) is 10.0 Å². The second kappa shape index (κ2) is 6.77. The molecule has 7 nitrogen and oxygen atoms in total. The van der Waals surface area contributed by atoms with Gasteiger partial charge in [0.15, 0.2) is 0 Å². The number of nitrogens with zero attached hydrogens (tertiary/aromatic N) is 3. The van der Waals surface area contributed by atoms with Crippen LogP contribution in [0.3, 0.4) is 0 Å². The number of sulfonamides is 1. The summed E-state index contributed by atoms with van der Waals surface area (Å²) in [5, 5.41) is 0. The normalized spacial score (nSPS) is 21.6. The lowest BCUT2D eigenvalue weighted by Gasteiger charge is -2.19. The Morgan fingerprint density at radius 2 is 2.30 bits per heavy atom. The van der Waals surface area contributed by atoms with Crippen molar-refractivity contribution in [2.45, 2.75) is 30.9 Å². The van der Waals surface area contributed by atoms with Gasteiger partial charge in [-0.3, -0.25) is 4.98 Å². The zero-order valence-electron chi connectivity index (χ0n) is 12.9. The highest BCUT2D eigenvalue weighted by atomic mass is 32.2. The molecule has 0 amide bonds. The van der Waals surface area contributed by atoms with E-state index in [-0.39, 0.29) is 16.9 Å². The third-order valence-corrected chi connectivity index (χ3v) is 5.45. The van der Waals surface area contributed by atoms with Gasteiger partial charge in [0, 0.05) is 50.4 Å². The van der Waals surface area contributed by atoms with E-state index in [1.807, 2.05) is 17.7 Å². The Kier molecular flexibility index (Phi) is 4.74. The maximum Gasteiger partial charge on any atom is 0.242 e. The fourth-order valence-corrected chi connectivity index (χ4v) is 3.84. The highest BCUT2D eigenvalue weighted by Gasteiger charge is 2.33. The third kappa shape index (κ3) is 3.44. The first-order valence-corrected chi connectivity index (χ1v) is 9.12. The lowest BCUT2D eigenvalue weighted by molar-refractivity contribution is 0.0816. The molecule has 3 heterocycles. The molecule has 0 bridgehead atoms. The molecule has 1 fully saturated rings. The van der Waals surface area contributed by atoms with E-state index in [0.29, 0.717) is 13.2 Å². The van der Waals surface area contributed by atoms with E-state index in [2.05, 4.69) is 14.7 Å². The Hall–Kier alpha value is -1.77. The van der Waals surface area contributed by atoms with Crippen molar-refractivity contribution >= 4 is 10.0 Å². The Labute approximate surface area is 135 Å². The molecule has 0 aromatic carbocycles. The molecular weight excluding hydrogens is 316 g/mol. The molecule has 0 saturated carbocycles. The number of pyridine rings is 1. The summed E-state index contributed by atoms with van der Waals surface area (Å²) in [6.07, 6.45) is 7.17. The predicted molar refractivity (Wildman–Crippen MR) is 84.1 cm³/mol. The molecular formula is C15H20N4O3S. The number of nitrogens with one attached hydrogen (secondary N) is 1. The molecule has 0 unspecified atom stereocenters. The maximum atomic E-state index is 12.3. The number of rotatable bonds is 6. The van der Waals surface area contributed by atoms with Crippen LogP contribution in [0.15, 0.2) is 41.8 Å². The molecule has 3 rings (SSSR count). The summed E-state index contributed by atoms with van der Waals surface area (Å²) in [4.78, 5) is 8.40. The van der Waals surface area contributed by atoms with E-state index in [1.54, 1.807) is 18.5 Å². The smallest absolute Gasteiger partial charge is 0.242 e. The van der Waals surface area contributed by atoms with Gasteiger partial charge in [0.05, 0.1) is 0 Å². The van der Waals surface area contributed by atoms with Crippen LogP contribution in [0, 0.1) is 5.92 Å². The lowest BCUT2D eigenvalue weighted by Crippen LogP contribution is -2.31. The van der Waals surface area contributed by atoms with Crippen LogP contribution < -0.4 is 4.72 Å². The molecule has 1 aliphatic rings. The van der Waals surface area contributed by atoms with E-state index in [1.165, 1.54) is 12.3 Å². The Morgan fingerprint density at radius 3 is 3.04 bits per heavy atom. The minimum absolute atomic E-state index is 0.0640. The zero-order valence-corrected chi connectivity index (χ0v) is 13.7. The summed E-state index contributed by atoms with van der Waals surface area (Å²) in [5.74, 6) is 0.921. The summed E-state index contributed by atoms with van der Waals surface area (Å²) in [7, 11) is -3.55. The largest absolute Gasteiger partial charge is 0.370 e. The minimum Gasteiger partial charge on any atom is -0.370 e. The van der Waals surface area contributed by atoms with E-state index in [0.717, 1.165) is 18.8 Å². The highest BCUT2D eigenvalue weighted by molar-refractivity contribution is 7.89. The van der Waals surface area contributed by atoms with Crippen LogP contribution >= 0.6 is 0 Å². The quantitative estimate of drug-likeness (QED) is 0.860. The summed E-state index contributed by atoms with van der Waals surface area (Å²) in [5.41, 5.74) is 0. The molecule has 2 atom stereocenters. The lowest BCUT2D eigenvalue weighted by atomic mass is 10.0. The molecule has 8 heteroatoms. The summed E-state index contributed by atoms with van der Waals surface area (Å²) in [6.45, 7) is 3.78. The molecule has 124 valence electrons. The van der Waals surface area contributed by atoms with Gasteiger partial charge < -0.3 is 9.30 Å². The van der Waals surface area contributed by atoms with Gasteiger partial charge in [-0.15, -0.1) is 0 Å². The van der Waals surface area contributed by atoms with Crippen molar-refractivity contribution in [3.63, 3.8) is 0 Å². The molecule has 1 aliphatic heterocycles. The summed E-state index contributed by atoms with van der Waals surface area (Å²) >= 11 is 0. The maximum absolute atomic E-state index is 12.3. The van der Waals surface area contributed by atoms with Gasteiger partial charge in [-0.1, -0.05) is 0 Å². The van der Waals surface area contributed by atoms with Crippen molar-refractivity contribution in [1.29, 1.82) is 0 Å². The Balaban J connectivity index is 1.70. The second-order valence-electron chi connectivity index (χ2n) is 5.45. The number of hydrogen-bond acceptors (Lipinski definition) is 5. The number of aromatic nitrogens is 3. The Bertz CT molecular complexity index is 745. The van der Waals surface area contributed by atoms with Gasteiger partial charge in [-0.2, -0.15) is 0 Å². The van der Waals surface area contributed by atoms with Crippen LogP contribution in [-0.2, 0) is 21.3 Å². The molecule has 1 N–H and O–H groups in total. The van der Waals surface area contributed by atoms with Crippen molar-refractivity contribution in [1.82, 2.24) is 19.3 Å². The van der Waals surface area contributed by atoms with E-state index in [9.17, 15) is 8.42 Å². The summed E-state index contributed by atoms with van der Waals surface area (Å²) in [6, 6.07) is 3.13. The van der Waals surface area contributed by atoms with Crippen molar-refractivity contribution in [2.75, 3.05) is 13.2 Å². The number of ether oxygens (including phenoxy) is 1. The van der Waals surface area contributed by atoms with Crippen molar-refractivity contribution in [3.8, 4) is 0 Å². The molecule has 0 radical (unpaired) electrons. The van der Waals surface area contributed by atoms with Crippen molar-refractivity contribution in [3.05, 3.63) is 42.7 Å². The fourth-order valence-electron chi connectivity index (χ4n) is 2.78. The van der Waals surface area contributed by atoms with Gasteiger partial charge in [0.25, 0.3) is 0 Å². The van der Waals surface area contributed by atoms with Crippen LogP contribution in [0.4, 0.5) is 0 Å². The van der Waals surface area contributed by atoms with Crippen LogP contribution in [0.1, 0.15) is 25.3 Å². The first-order chi connectivity index (χ1) is 11.1. The molecule has 1 saturated heterocycles. The average molecular weight is 336 g/mol. The average Bonchev–Trinajstić information content (AvgIpc) is 3.22. The SMILES string of the molecule is CCn1ccnc1[C@@H]1OCC[C@H]1CNS(=O)(=O)c1cccnc1. The van der Waals surface area contributed by atoms with E-state index < -0.39 is 10.0 Å². The second-order valence-corrected chi connectivity index (χ2v) is 7.22. The van der Waals surface area contributed by atoms with E-state index in [4.69, 9.17) is 4.74 Å². The predicted octanol–water partition coefficient (Wildman–Crippen LogP) is 1.35. The van der Waals surface area contributed by atoms with E-state index >= 15 is 0 Å². The van der Waals surface area contributed by atoms with Crippen LogP contribution in [0.5, 0.6) is 0 Å². The first kappa shape index (κ1) is 16.1. The highest BCUT2D eigenvalue weighted by Crippen LogP contribution is 2.33. The van der Waals surface area contributed by atoms with Gasteiger partial charge in [0.1, 0.15) is 16.8 Å². The molecule has 23 heavy (non-hydrogen) atoms. The van der Waals surface area contributed by atoms with Gasteiger partial charge >= 0.3 is 0 Å². The Morgan fingerprint density at radius 1 is 1.43 bits per heavy atom. The van der Waals surface area contributed by atoms with Crippen LogP contribution in [0.25, 0.3) is 0 Å². The van der Waals surface area contributed by atoms with Crippen LogP contribution in [0.2, 0.25) is 0 Å². The monoisotopic (exact) mass is 336 g/mol. The number of hydrogen-bond donors (Lipinski definition) is 1. The molecule has 0 spiro atoms.